The third-order valence-corrected chi connectivity index (χ3v) is 2.87. The van der Waals surface area contributed by atoms with Crippen LogP contribution in [0.15, 0.2) is 18.2 Å². The first kappa shape index (κ1) is 10.6. The Balaban J connectivity index is 2.39. The number of aromatic nitrogens is 1. The first-order chi connectivity index (χ1) is 7.56. The molecule has 16 heavy (non-hydrogen) atoms. The van der Waals surface area contributed by atoms with Crippen LogP contribution in [0, 0.1) is 0 Å². The highest BCUT2D eigenvalue weighted by Crippen LogP contribution is 2.25. The summed E-state index contributed by atoms with van der Waals surface area (Å²) < 4.78 is 0.703. The number of nitrogens with zero attached hydrogens (tertiary/aromatic N) is 1. The second-order valence-corrected chi connectivity index (χ2v) is 4.21. The van der Waals surface area contributed by atoms with Crippen molar-refractivity contribution in [2.75, 3.05) is 0 Å². The molecule has 2 amide bonds. The Morgan fingerprint density at radius 1 is 1.44 bits per heavy atom. The van der Waals surface area contributed by atoms with Crippen LogP contribution in [0.2, 0.25) is 0 Å². The number of hydrogen-bond acceptors (Lipinski definition) is 5. The van der Waals surface area contributed by atoms with E-state index in [4.69, 9.17) is 0 Å². The largest absolute Gasteiger partial charge is 0.508 e. The smallest absolute Gasteiger partial charge is 0.286 e. The molecular formula is C10H8N2O3S. The van der Waals surface area contributed by atoms with Crippen LogP contribution in [0.1, 0.15) is 16.7 Å². The van der Waals surface area contributed by atoms with E-state index in [2.05, 4.69) is 10.3 Å². The van der Waals surface area contributed by atoms with Crippen molar-refractivity contribution in [2.45, 2.75) is 6.92 Å². The predicted octanol–water partition coefficient (Wildman–Crippen LogP) is 1.28. The molecule has 1 heterocycles. The Morgan fingerprint density at radius 3 is 2.88 bits per heavy atom. The van der Waals surface area contributed by atoms with Crippen LogP contribution in [0.4, 0.5) is 0 Å². The Hall–Kier alpha value is -1.95. The normalized spacial score (nSPS) is 10.3. The van der Waals surface area contributed by atoms with Crippen LogP contribution in [-0.4, -0.2) is 21.9 Å². The van der Waals surface area contributed by atoms with E-state index >= 15 is 0 Å². The molecule has 0 atom stereocenters. The Morgan fingerprint density at radius 2 is 2.19 bits per heavy atom. The van der Waals surface area contributed by atoms with Crippen molar-refractivity contribution >= 4 is 33.4 Å². The van der Waals surface area contributed by atoms with Crippen molar-refractivity contribution in [2.24, 2.45) is 0 Å². The summed E-state index contributed by atoms with van der Waals surface area (Å²) in [6.07, 6.45) is 0. The monoisotopic (exact) mass is 236 g/mol. The van der Waals surface area contributed by atoms with Gasteiger partial charge in [-0.1, -0.05) is 0 Å². The second kappa shape index (κ2) is 3.90. The van der Waals surface area contributed by atoms with Crippen molar-refractivity contribution in [3.63, 3.8) is 0 Å². The Labute approximate surface area is 94.7 Å². The van der Waals surface area contributed by atoms with E-state index in [9.17, 15) is 14.7 Å². The van der Waals surface area contributed by atoms with E-state index in [1.165, 1.54) is 19.1 Å². The molecule has 0 fully saturated rings. The lowest BCUT2D eigenvalue weighted by Gasteiger charge is -1.94. The minimum atomic E-state index is -0.520. The highest BCUT2D eigenvalue weighted by atomic mass is 32.1. The highest BCUT2D eigenvalue weighted by molar-refractivity contribution is 7.20. The number of phenolic OH excluding ortho intramolecular Hbond substituents is 1. The quantitative estimate of drug-likeness (QED) is 0.781. The number of imide groups is 1. The number of fused-ring (bicyclic) bond motifs is 1. The summed E-state index contributed by atoms with van der Waals surface area (Å²) in [7, 11) is 0. The van der Waals surface area contributed by atoms with Gasteiger partial charge in [-0.3, -0.25) is 14.9 Å². The van der Waals surface area contributed by atoms with E-state index < -0.39 is 11.8 Å². The van der Waals surface area contributed by atoms with Gasteiger partial charge in [-0.15, -0.1) is 11.3 Å². The SMILES string of the molecule is CC(=O)NC(=O)c1nc2ccc(O)cc2s1. The number of amides is 2. The van der Waals surface area contributed by atoms with E-state index in [1.807, 2.05) is 0 Å². The zero-order valence-electron chi connectivity index (χ0n) is 8.35. The van der Waals surface area contributed by atoms with Gasteiger partial charge in [-0.05, 0) is 18.2 Å². The summed E-state index contributed by atoms with van der Waals surface area (Å²) in [5, 5.41) is 11.6. The molecule has 2 rings (SSSR count). The number of nitrogens with one attached hydrogen (secondary N) is 1. The third kappa shape index (κ3) is 2.01. The maximum absolute atomic E-state index is 11.5. The van der Waals surface area contributed by atoms with Crippen LogP contribution in [-0.2, 0) is 4.79 Å². The average Bonchev–Trinajstić information content (AvgIpc) is 2.59. The minimum Gasteiger partial charge on any atom is -0.508 e. The molecule has 2 N–H and O–H groups in total. The van der Waals surface area contributed by atoms with E-state index in [1.54, 1.807) is 6.07 Å². The first-order valence-electron chi connectivity index (χ1n) is 4.48. The maximum Gasteiger partial charge on any atom is 0.286 e. The molecule has 0 aliphatic rings. The van der Waals surface area contributed by atoms with Crippen LogP contribution >= 0.6 is 11.3 Å². The fraction of sp³-hybridized carbons (Fsp3) is 0.100. The number of hydrogen-bond donors (Lipinski definition) is 2. The second-order valence-electron chi connectivity index (χ2n) is 3.18. The zero-order chi connectivity index (χ0) is 11.7. The van der Waals surface area contributed by atoms with Gasteiger partial charge in [0.15, 0.2) is 5.01 Å². The predicted molar refractivity (Wildman–Crippen MR) is 59.4 cm³/mol. The first-order valence-corrected chi connectivity index (χ1v) is 5.29. The molecule has 2 aromatic rings. The molecule has 0 radical (unpaired) electrons. The molecule has 0 unspecified atom stereocenters. The highest BCUT2D eigenvalue weighted by Gasteiger charge is 2.13. The van der Waals surface area contributed by atoms with Crippen molar-refractivity contribution in [3.05, 3.63) is 23.2 Å². The summed E-state index contributed by atoms with van der Waals surface area (Å²) in [4.78, 5) is 26.2. The summed E-state index contributed by atoms with van der Waals surface area (Å²) >= 11 is 1.13. The average molecular weight is 236 g/mol. The van der Waals surface area contributed by atoms with Gasteiger partial charge in [0.1, 0.15) is 5.75 Å². The number of thiazole rings is 1. The number of benzene rings is 1. The van der Waals surface area contributed by atoms with Gasteiger partial charge in [0.05, 0.1) is 10.2 Å². The van der Waals surface area contributed by atoms with Crippen molar-refractivity contribution in [1.29, 1.82) is 0 Å². The Bertz CT molecular complexity index is 576. The summed E-state index contributed by atoms with van der Waals surface area (Å²) in [6.45, 7) is 1.26. The minimum absolute atomic E-state index is 0.120. The zero-order valence-corrected chi connectivity index (χ0v) is 9.17. The fourth-order valence-corrected chi connectivity index (χ4v) is 2.12. The number of carbonyl (C=O) groups excluding carboxylic acids is 2. The fourth-order valence-electron chi connectivity index (χ4n) is 1.22. The maximum atomic E-state index is 11.5. The molecule has 0 saturated carbocycles. The lowest BCUT2D eigenvalue weighted by atomic mass is 10.3. The number of rotatable bonds is 1. The lowest BCUT2D eigenvalue weighted by Crippen LogP contribution is -2.27. The lowest BCUT2D eigenvalue weighted by molar-refractivity contribution is -0.118. The molecule has 5 nitrogen and oxygen atoms in total. The standard InChI is InChI=1S/C10H8N2O3S/c1-5(13)11-9(15)10-12-7-3-2-6(14)4-8(7)16-10/h2-4,14H,1H3,(H,11,13,15). The molecule has 6 heteroatoms. The molecule has 0 bridgehead atoms. The van der Waals surface area contributed by atoms with E-state index in [0.29, 0.717) is 10.2 Å². The molecule has 0 spiro atoms. The van der Waals surface area contributed by atoms with Gasteiger partial charge < -0.3 is 5.11 Å². The molecule has 0 aliphatic heterocycles. The molecule has 0 saturated heterocycles. The van der Waals surface area contributed by atoms with Crippen molar-refractivity contribution in [3.8, 4) is 5.75 Å². The number of carbonyl (C=O) groups is 2. The van der Waals surface area contributed by atoms with Crippen molar-refractivity contribution < 1.29 is 14.7 Å². The molecule has 82 valence electrons. The number of aromatic hydroxyl groups is 1. The van der Waals surface area contributed by atoms with E-state index in [0.717, 1.165) is 11.3 Å². The molecule has 1 aromatic carbocycles. The third-order valence-electron chi connectivity index (χ3n) is 1.86. The van der Waals surface area contributed by atoms with Gasteiger partial charge in [-0.2, -0.15) is 0 Å². The van der Waals surface area contributed by atoms with Crippen molar-refractivity contribution in [1.82, 2.24) is 10.3 Å². The molecule has 1 aromatic heterocycles. The molecular weight excluding hydrogens is 228 g/mol. The summed E-state index contributed by atoms with van der Waals surface area (Å²) in [5.74, 6) is -0.824. The van der Waals surface area contributed by atoms with Gasteiger partial charge in [0, 0.05) is 6.92 Å². The summed E-state index contributed by atoms with van der Waals surface area (Å²) in [6, 6.07) is 4.64. The van der Waals surface area contributed by atoms with Gasteiger partial charge in [0.25, 0.3) is 5.91 Å². The van der Waals surface area contributed by atoms with Crippen LogP contribution in [0.3, 0.4) is 0 Å². The van der Waals surface area contributed by atoms with Gasteiger partial charge in [-0.25, -0.2) is 4.98 Å². The van der Waals surface area contributed by atoms with Crippen LogP contribution in [0.25, 0.3) is 10.2 Å². The van der Waals surface area contributed by atoms with Crippen LogP contribution < -0.4 is 5.32 Å². The topological polar surface area (TPSA) is 79.3 Å². The summed E-state index contributed by atoms with van der Waals surface area (Å²) in [5.41, 5.74) is 0.622. The molecule has 0 aliphatic carbocycles. The van der Waals surface area contributed by atoms with Gasteiger partial charge in [0.2, 0.25) is 5.91 Å². The van der Waals surface area contributed by atoms with Gasteiger partial charge >= 0.3 is 0 Å². The van der Waals surface area contributed by atoms with Crippen LogP contribution in [0.5, 0.6) is 5.75 Å². The van der Waals surface area contributed by atoms with E-state index in [-0.39, 0.29) is 10.8 Å². The number of phenols is 1. The Kier molecular flexibility index (Phi) is 2.57.